The van der Waals surface area contributed by atoms with Gasteiger partial charge in [0.1, 0.15) is 0 Å². The van der Waals surface area contributed by atoms with E-state index in [9.17, 15) is 8.78 Å². The van der Waals surface area contributed by atoms with Crippen molar-refractivity contribution in [2.75, 3.05) is 26.9 Å². The summed E-state index contributed by atoms with van der Waals surface area (Å²) in [5.74, 6) is -2.51. The minimum Gasteiger partial charge on any atom is -0.383 e. The normalized spacial score (nSPS) is 32.8. The zero-order chi connectivity index (χ0) is 11.6. The summed E-state index contributed by atoms with van der Waals surface area (Å²) in [6.45, 7) is 1.89. The number of nitrogens with one attached hydrogen (secondary N) is 1. The minimum atomic E-state index is -2.51. The average Bonchev–Trinajstić information content (AvgIpc) is 2.26. The number of hydrogen-bond acceptors (Lipinski definition) is 3. The van der Waals surface area contributed by atoms with Crippen LogP contribution in [0.15, 0.2) is 0 Å². The maximum Gasteiger partial charge on any atom is 0.248 e. The molecule has 2 aliphatic rings. The SMILES string of the molecule is COCC1NCCOC12CCC(F)(F)CC2. The van der Waals surface area contributed by atoms with Crippen LogP contribution >= 0.6 is 0 Å². The van der Waals surface area contributed by atoms with Crippen molar-refractivity contribution in [3.63, 3.8) is 0 Å². The van der Waals surface area contributed by atoms with Crippen LogP contribution in [0.5, 0.6) is 0 Å². The molecule has 94 valence electrons. The summed E-state index contributed by atoms with van der Waals surface area (Å²) >= 11 is 0. The largest absolute Gasteiger partial charge is 0.383 e. The zero-order valence-corrected chi connectivity index (χ0v) is 9.60. The van der Waals surface area contributed by atoms with Gasteiger partial charge < -0.3 is 14.8 Å². The van der Waals surface area contributed by atoms with Gasteiger partial charge in [-0.15, -0.1) is 0 Å². The van der Waals surface area contributed by atoms with Gasteiger partial charge in [-0.1, -0.05) is 0 Å². The lowest BCUT2D eigenvalue weighted by Crippen LogP contribution is -2.61. The van der Waals surface area contributed by atoms with E-state index >= 15 is 0 Å². The Morgan fingerprint density at radius 3 is 2.62 bits per heavy atom. The summed E-state index contributed by atoms with van der Waals surface area (Å²) in [5.41, 5.74) is -0.435. The first-order chi connectivity index (χ1) is 7.58. The van der Waals surface area contributed by atoms with Crippen molar-refractivity contribution in [2.24, 2.45) is 0 Å². The molecule has 2 rings (SSSR count). The number of morpholine rings is 1. The molecule has 0 radical (unpaired) electrons. The quantitative estimate of drug-likeness (QED) is 0.788. The van der Waals surface area contributed by atoms with E-state index in [1.54, 1.807) is 7.11 Å². The van der Waals surface area contributed by atoms with E-state index in [0.29, 0.717) is 26.1 Å². The molecular formula is C11H19F2NO2. The molecule has 0 aromatic rings. The molecule has 0 bridgehead atoms. The molecule has 1 N–H and O–H groups in total. The fraction of sp³-hybridized carbons (Fsp3) is 1.00. The first-order valence-corrected chi connectivity index (χ1v) is 5.82. The van der Waals surface area contributed by atoms with Crippen LogP contribution in [-0.4, -0.2) is 44.4 Å². The Morgan fingerprint density at radius 1 is 1.31 bits per heavy atom. The molecule has 1 spiro atoms. The maximum absolute atomic E-state index is 13.1. The Labute approximate surface area is 94.5 Å². The summed E-state index contributed by atoms with van der Waals surface area (Å²) in [7, 11) is 1.63. The Kier molecular flexibility index (Phi) is 3.47. The van der Waals surface area contributed by atoms with Gasteiger partial charge in [0.25, 0.3) is 0 Å². The van der Waals surface area contributed by atoms with Crippen LogP contribution in [0.4, 0.5) is 8.78 Å². The summed E-state index contributed by atoms with van der Waals surface area (Å²) in [6.07, 6.45) is 0.686. The maximum atomic E-state index is 13.1. The van der Waals surface area contributed by atoms with Gasteiger partial charge in [-0.25, -0.2) is 8.78 Å². The first kappa shape index (κ1) is 12.2. The van der Waals surface area contributed by atoms with Gasteiger partial charge in [0.2, 0.25) is 5.92 Å². The first-order valence-electron chi connectivity index (χ1n) is 5.82. The summed E-state index contributed by atoms with van der Waals surface area (Å²) in [5, 5.41) is 3.31. The molecule has 2 fully saturated rings. The average molecular weight is 235 g/mol. The Hall–Kier alpha value is -0.260. The highest BCUT2D eigenvalue weighted by atomic mass is 19.3. The van der Waals surface area contributed by atoms with E-state index in [1.807, 2.05) is 0 Å². The van der Waals surface area contributed by atoms with Crippen LogP contribution < -0.4 is 5.32 Å². The van der Waals surface area contributed by atoms with Crippen molar-refractivity contribution in [3.05, 3.63) is 0 Å². The van der Waals surface area contributed by atoms with Crippen LogP contribution in [-0.2, 0) is 9.47 Å². The van der Waals surface area contributed by atoms with Crippen molar-refractivity contribution >= 4 is 0 Å². The van der Waals surface area contributed by atoms with Gasteiger partial charge in [0.15, 0.2) is 0 Å². The molecular weight excluding hydrogens is 216 g/mol. The molecule has 1 heterocycles. The number of methoxy groups -OCH3 is 1. The number of hydrogen-bond donors (Lipinski definition) is 1. The van der Waals surface area contributed by atoms with Gasteiger partial charge in [0.05, 0.1) is 24.9 Å². The van der Waals surface area contributed by atoms with Crippen molar-refractivity contribution in [3.8, 4) is 0 Å². The molecule has 3 nitrogen and oxygen atoms in total. The monoisotopic (exact) mass is 235 g/mol. The lowest BCUT2D eigenvalue weighted by atomic mass is 9.77. The Bertz CT molecular complexity index is 236. The lowest BCUT2D eigenvalue weighted by molar-refractivity contribution is -0.168. The predicted molar refractivity (Wildman–Crippen MR) is 55.8 cm³/mol. The summed E-state index contributed by atoms with van der Waals surface area (Å²) < 4.78 is 37.2. The lowest BCUT2D eigenvalue weighted by Gasteiger charge is -2.48. The van der Waals surface area contributed by atoms with E-state index in [-0.39, 0.29) is 18.9 Å². The molecule has 1 aliphatic heterocycles. The highest BCUT2D eigenvalue weighted by Crippen LogP contribution is 2.42. The van der Waals surface area contributed by atoms with Crippen LogP contribution in [0.25, 0.3) is 0 Å². The van der Waals surface area contributed by atoms with Gasteiger partial charge in [-0.2, -0.15) is 0 Å². The zero-order valence-electron chi connectivity index (χ0n) is 9.60. The topological polar surface area (TPSA) is 30.5 Å². The molecule has 16 heavy (non-hydrogen) atoms. The molecule has 1 atom stereocenters. The molecule has 1 saturated heterocycles. The Morgan fingerprint density at radius 2 is 2.00 bits per heavy atom. The molecule has 0 aromatic carbocycles. The van der Waals surface area contributed by atoms with Crippen LogP contribution in [0.3, 0.4) is 0 Å². The number of halogens is 2. The molecule has 1 unspecified atom stereocenters. The molecule has 1 aliphatic carbocycles. The van der Waals surface area contributed by atoms with Crippen molar-refractivity contribution < 1.29 is 18.3 Å². The van der Waals surface area contributed by atoms with Gasteiger partial charge in [0, 0.05) is 26.5 Å². The molecule has 1 saturated carbocycles. The highest BCUT2D eigenvalue weighted by molar-refractivity contribution is 5.00. The third-order valence-corrected chi connectivity index (χ3v) is 3.68. The number of ether oxygens (including phenoxy) is 2. The molecule has 5 heteroatoms. The van der Waals surface area contributed by atoms with Crippen molar-refractivity contribution in [1.29, 1.82) is 0 Å². The van der Waals surface area contributed by atoms with Crippen LogP contribution in [0, 0.1) is 0 Å². The van der Waals surface area contributed by atoms with E-state index in [1.165, 1.54) is 0 Å². The standard InChI is InChI=1S/C11H19F2NO2/c1-15-8-9-10(16-7-6-14-9)2-4-11(12,13)5-3-10/h9,14H,2-8H2,1H3. The smallest absolute Gasteiger partial charge is 0.248 e. The third-order valence-electron chi connectivity index (χ3n) is 3.68. The minimum absolute atomic E-state index is 0.0438. The van der Waals surface area contributed by atoms with E-state index in [4.69, 9.17) is 9.47 Å². The third kappa shape index (κ3) is 2.36. The predicted octanol–water partition coefficient (Wildman–Crippen LogP) is 1.57. The fourth-order valence-corrected chi connectivity index (χ4v) is 2.68. The van der Waals surface area contributed by atoms with Crippen molar-refractivity contribution in [2.45, 2.75) is 43.2 Å². The van der Waals surface area contributed by atoms with E-state index in [0.717, 1.165) is 6.54 Å². The van der Waals surface area contributed by atoms with Crippen molar-refractivity contribution in [1.82, 2.24) is 5.32 Å². The van der Waals surface area contributed by atoms with Crippen LogP contribution in [0.2, 0.25) is 0 Å². The van der Waals surface area contributed by atoms with Crippen LogP contribution in [0.1, 0.15) is 25.7 Å². The van der Waals surface area contributed by atoms with Gasteiger partial charge in [-0.05, 0) is 12.8 Å². The molecule has 0 aromatic heterocycles. The van der Waals surface area contributed by atoms with E-state index < -0.39 is 11.5 Å². The fourth-order valence-electron chi connectivity index (χ4n) is 2.68. The summed E-state index contributed by atoms with van der Waals surface area (Å²) in [4.78, 5) is 0. The molecule has 0 amide bonds. The number of rotatable bonds is 2. The second-order valence-corrected chi connectivity index (χ2v) is 4.73. The van der Waals surface area contributed by atoms with Gasteiger partial charge >= 0.3 is 0 Å². The second-order valence-electron chi connectivity index (χ2n) is 4.73. The summed E-state index contributed by atoms with van der Waals surface area (Å²) in [6, 6.07) is 0.0438. The Balaban J connectivity index is 2.04. The second kappa shape index (κ2) is 4.55. The van der Waals surface area contributed by atoms with E-state index in [2.05, 4.69) is 5.32 Å². The van der Waals surface area contributed by atoms with Gasteiger partial charge in [-0.3, -0.25) is 0 Å². The number of alkyl halides is 2. The highest BCUT2D eigenvalue weighted by Gasteiger charge is 2.49.